The zero-order valence-corrected chi connectivity index (χ0v) is 23.6. The molecular formula is C29H47NO6. The fourth-order valence-electron chi connectivity index (χ4n) is 4.35. The molecule has 0 heterocycles. The molecule has 1 aromatic carbocycles. The van der Waals surface area contributed by atoms with E-state index < -0.39 is 22.2 Å². The Labute approximate surface area is 217 Å². The maximum absolute atomic E-state index is 13.6. The second-order valence-corrected chi connectivity index (χ2v) is 11.2. The molecule has 0 N–H and O–H groups in total. The Hall–Kier alpha value is -2.41. The molecule has 7 nitrogen and oxygen atoms in total. The first-order valence-corrected chi connectivity index (χ1v) is 13.0. The van der Waals surface area contributed by atoms with Crippen LogP contribution in [0, 0.1) is 16.2 Å². The van der Waals surface area contributed by atoms with Crippen molar-refractivity contribution in [2.45, 2.75) is 80.3 Å². The van der Waals surface area contributed by atoms with Crippen molar-refractivity contribution in [3.63, 3.8) is 0 Å². The number of likely N-dealkylation sites (N-methyl/N-ethyl adjacent to an activating group) is 1. The smallest absolute Gasteiger partial charge is 0.312 e. The maximum Gasteiger partial charge on any atom is 0.312 e. The van der Waals surface area contributed by atoms with Crippen molar-refractivity contribution < 1.29 is 28.6 Å². The van der Waals surface area contributed by atoms with Crippen molar-refractivity contribution >= 4 is 17.9 Å². The summed E-state index contributed by atoms with van der Waals surface area (Å²) in [6.07, 6.45) is 2.57. The minimum atomic E-state index is -1.12. The number of hydrogen-bond donors (Lipinski definition) is 0. The number of hydrogen-bond acceptors (Lipinski definition) is 7. The predicted octanol–water partition coefficient (Wildman–Crippen LogP) is 5.41. The minimum absolute atomic E-state index is 0.118. The number of nitrogens with zero attached hydrogens (tertiary/aromatic N) is 1. The van der Waals surface area contributed by atoms with E-state index in [1.807, 2.05) is 70.1 Å². The van der Waals surface area contributed by atoms with Crippen LogP contribution in [0.4, 0.5) is 0 Å². The number of unbranched alkanes of at least 4 members (excludes halogenated alkanes) is 1. The van der Waals surface area contributed by atoms with Crippen LogP contribution >= 0.6 is 0 Å². The zero-order valence-electron chi connectivity index (χ0n) is 23.6. The van der Waals surface area contributed by atoms with E-state index in [1.54, 1.807) is 20.8 Å². The van der Waals surface area contributed by atoms with Gasteiger partial charge in [0.1, 0.15) is 13.2 Å². The molecule has 2 unspecified atom stereocenters. The van der Waals surface area contributed by atoms with E-state index in [-0.39, 0.29) is 38.0 Å². The number of carbonyl (C=O) groups excluding carboxylic acids is 3. The van der Waals surface area contributed by atoms with Crippen molar-refractivity contribution in [2.75, 3.05) is 33.9 Å². The van der Waals surface area contributed by atoms with Gasteiger partial charge < -0.3 is 19.1 Å². The van der Waals surface area contributed by atoms with Crippen LogP contribution in [0.5, 0.6) is 0 Å². The maximum atomic E-state index is 13.6. The second kappa shape index (κ2) is 14.4. The van der Waals surface area contributed by atoms with Crippen LogP contribution in [-0.2, 0) is 35.2 Å². The lowest BCUT2D eigenvalue weighted by Gasteiger charge is -2.39. The Bertz CT molecular complexity index is 837. The van der Waals surface area contributed by atoms with Crippen molar-refractivity contribution in [3.8, 4) is 0 Å². The van der Waals surface area contributed by atoms with E-state index in [4.69, 9.17) is 14.2 Å². The third kappa shape index (κ3) is 9.92. The first-order valence-electron chi connectivity index (χ1n) is 13.0. The number of carbonyl (C=O) groups is 3. The lowest BCUT2D eigenvalue weighted by atomic mass is 9.65. The van der Waals surface area contributed by atoms with Crippen molar-refractivity contribution in [1.82, 2.24) is 4.90 Å². The number of rotatable bonds is 16. The zero-order chi connectivity index (χ0) is 27.4. The van der Waals surface area contributed by atoms with Crippen LogP contribution in [-0.4, -0.2) is 56.7 Å². The van der Waals surface area contributed by atoms with Crippen LogP contribution in [0.3, 0.4) is 0 Å². The number of benzene rings is 1. The van der Waals surface area contributed by atoms with Gasteiger partial charge in [-0.1, -0.05) is 50.6 Å². The van der Waals surface area contributed by atoms with E-state index in [9.17, 15) is 14.4 Å². The summed E-state index contributed by atoms with van der Waals surface area (Å²) in [6, 6.07) is 9.44. The highest BCUT2D eigenvalue weighted by Crippen LogP contribution is 2.46. The molecule has 0 saturated carbocycles. The van der Waals surface area contributed by atoms with E-state index >= 15 is 0 Å². The summed E-state index contributed by atoms with van der Waals surface area (Å²) in [7, 11) is 3.81. The van der Waals surface area contributed by atoms with Crippen LogP contribution in [0.1, 0.15) is 79.2 Å². The highest BCUT2D eigenvalue weighted by Gasteiger charge is 2.49. The molecule has 0 spiro atoms. The third-order valence-corrected chi connectivity index (χ3v) is 6.65. The Kier molecular flexibility index (Phi) is 12.6. The largest absolute Gasteiger partial charge is 0.465 e. The highest BCUT2D eigenvalue weighted by atomic mass is 16.5. The minimum Gasteiger partial charge on any atom is -0.465 e. The monoisotopic (exact) mass is 505 g/mol. The molecule has 0 aliphatic rings. The molecule has 0 radical (unpaired) electrons. The molecule has 0 amide bonds. The van der Waals surface area contributed by atoms with E-state index in [0.717, 1.165) is 18.4 Å². The van der Waals surface area contributed by atoms with Crippen LogP contribution in [0.15, 0.2) is 30.3 Å². The summed E-state index contributed by atoms with van der Waals surface area (Å²) in [5, 5.41) is 0. The van der Waals surface area contributed by atoms with Crippen LogP contribution in [0.25, 0.3) is 0 Å². The molecule has 2 atom stereocenters. The molecule has 1 rings (SSSR count). The van der Waals surface area contributed by atoms with Gasteiger partial charge >= 0.3 is 17.9 Å². The second-order valence-electron chi connectivity index (χ2n) is 11.2. The van der Waals surface area contributed by atoms with Gasteiger partial charge in [-0.2, -0.15) is 0 Å². The van der Waals surface area contributed by atoms with Crippen molar-refractivity contribution in [1.29, 1.82) is 0 Å². The quantitative estimate of drug-likeness (QED) is 0.169. The molecule has 0 saturated heterocycles. The van der Waals surface area contributed by atoms with Gasteiger partial charge in [0.05, 0.1) is 22.9 Å². The summed E-state index contributed by atoms with van der Waals surface area (Å²) < 4.78 is 16.8. The fraction of sp³-hybridized carbons (Fsp3) is 0.690. The van der Waals surface area contributed by atoms with Gasteiger partial charge in [-0.15, -0.1) is 0 Å². The first kappa shape index (κ1) is 31.6. The van der Waals surface area contributed by atoms with Gasteiger partial charge in [-0.25, -0.2) is 0 Å². The number of esters is 3. The summed E-state index contributed by atoms with van der Waals surface area (Å²) in [4.78, 5) is 41.6. The predicted molar refractivity (Wildman–Crippen MR) is 141 cm³/mol. The summed E-state index contributed by atoms with van der Waals surface area (Å²) in [5.41, 5.74) is -2.12. The molecule has 204 valence electrons. The first-order chi connectivity index (χ1) is 16.8. The standard InChI is InChI=1S/C29H47NO6/c1-9-11-18-34-25(32)28(5,10-2)22-29(6,26(33)36-20-23-15-13-12-14-16-23)21-27(3,4)24(31)35-19-17-30(7)8/h12-16H,9-11,17-22H2,1-8H3. The van der Waals surface area contributed by atoms with Crippen molar-refractivity contribution in [3.05, 3.63) is 35.9 Å². The molecule has 1 aromatic rings. The Balaban J connectivity index is 3.17. The van der Waals surface area contributed by atoms with Gasteiger partial charge in [0.25, 0.3) is 0 Å². The lowest BCUT2D eigenvalue weighted by molar-refractivity contribution is -0.169. The normalized spacial score (nSPS) is 15.0. The highest BCUT2D eigenvalue weighted by molar-refractivity contribution is 5.82. The average molecular weight is 506 g/mol. The van der Waals surface area contributed by atoms with Gasteiger partial charge in [0.2, 0.25) is 0 Å². The molecule has 0 aromatic heterocycles. The van der Waals surface area contributed by atoms with Gasteiger partial charge in [0, 0.05) is 6.54 Å². The average Bonchev–Trinajstić information content (AvgIpc) is 2.82. The molecule has 36 heavy (non-hydrogen) atoms. The fourth-order valence-corrected chi connectivity index (χ4v) is 4.35. The molecular weight excluding hydrogens is 458 g/mol. The van der Waals surface area contributed by atoms with Crippen LogP contribution < -0.4 is 0 Å². The summed E-state index contributed by atoms with van der Waals surface area (Å²) >= 11 is 0. The SMILES string of the molecule is CCCCOC(=O)C(C)(CC)CC(C)(CC(C)(C)C(=O)OCCN(C)C)C(=O)OCc1ccccc1. The Morgan fingerprint density at radius 3 is 1.92 bits per heavy atom. The van der Waals surface area contributed by atoms with Gasteiger partial charge in [0.15, 0.2) is 0 Å². The molecule has 7 heteroatoms. The molecule has 0 aliphatic carbocycles. The van der Waals surface area contributed by atoms with Gasteiger partial charge in [-0.05, 0) is 73.0 Å². The molecule has 0 aliphatic heterocycles. The summed E-state index contributed by atoms with van der Waals surface area (Å²) in [6.45, 7) is 12.4. The molecule has 0 bridgehead atoms. The molecule has 0 fully saturated rings. The topological polar surface area (TPSA) is 82.1 Å². The third-order valence-electron chi connectivity index (χ3n) is 6.65. The van der Waals surface area contributed by atoms with Crippen LogP contribution in [0.2, 0.25) is 0 Å². The lowest BCUT2D eigenvalue weighted by Crippen LogP contribution is -2.44. The van der Waals surface area contributed by atoms with E-state index in [0.29, 0.717) is 19.6 Å². The van der Waals surface area contributed by atoms with E-state index in [1.165, 1.54) is 0 Å². The van der Waals surface area contributed by atoms with Gasteiger partial charge in [-0.3, -0.25) is 14.4 Å². The van der Waals surface area contributed by atoms with E-state index in [2.05, 4.69) is 0 Å². The summed E-state index contributed by atoms with van der Waals surface area (Å²) in [5.74, 6) is -1.15. The number of ether oxygens (including phenoxy) is 3. The van der Waals surface area contributed by atoms with Crippen molar-refractivity contribution in [2.24, 2.45) is 16.2 Å². The Morgan fingerprint density at radius 1 is 0.778 bits per heavy atom. The Morgan fingerprint density at radius 2 is 1.36 bits per heavy atom.